The minimum absolute atomic E-state index is 0.0605. The van der Waals surface area contributed by atoms with Gasteiger partial charge in [0.05, 0.1) is 18.3 Å². The highest BCUT2D eigenvalue weighted by atomic mass is 16.6. The predicted molar refractivity (Wildman–Crippen MR) is 81.4 cm³/mol. The first-order valence-corrected chi connectivity index (χ1v) is 7.93. The number of carbonyl (C=O) groups excluding carboxylic acids is 2. The van der Waals surface area contributed by atoms with Gasteiger partial charge in [0.2, 0.25) is 5.91 Å². The van der Waals surface area contributed by atoms with E-state index in [1.165, 1.54) is 4.90 Å². The SMILES string of the molecule is O=C(CN1CCOC1=O)N1CCC([C@H](O)c2ccccn2)CC1. The molecule has 0 unspecified atom stereocenters. The smallest absolute Gasteiger partial charge is 0.410 e. The van der Waals surface area contributed by atoms with E-state index in [2.05, 4.69) is 4.98 Å². The van der Waals surface area contributed by atoms with Crippen molar-refractivity contribution in [3.05, 3.63) is 30.1 Å². The lowest BCUT2D eigenvalue weighted by Crippen LogP contribution is -2.45. The second-order valence-electron chi connectivity index (χ2n) is 5.95. The van der Waals surface area contributed by atoms with Crippen LogP contribution in [0.25, 0.3) is 0 Å². The Balaban J connectivity index is 1.50. The Morgan fingerprint density at radius 3 is 2.74 bits per heavy atom. The van der Waals surface area contributed by atoms with Crippen LogP contribution in [0.15, 0.2) is 24.4 Å². The number of aliphatic hydroxyl groups excluding tert-OH is 1. The molecule has 0 aromatic carbocycles. The lowest BCUT2D eigenvalue weighted by atomic mass is 9.89. The third kappa shape index (κ3) is 3.61. The molecule has 2 fully saturated rings. The number of aliphatic hydroxyl groups is 1. The van der Waals surface area contributed by atoms with E-state index in [0.29, 0.717) is 31.9 Å². The van der Waals surface area contributed by atoms with E-state index in [4.69, 9.17) is 4.74 Å². The Kier molecular flexibility index (Phi) is 4.76. The standard InChI is InChI=1S/C16H21N3O4/c20-14(11-19-9-10-23-16(19)22)18-7-4-12(5-8-18)15(21)13-3-1-2-6-17-13/h1-3,6,12,15,21H,4-5,7-11H2/t15-/m0/s1. The van der Waals surface area contributed by atoms with Crippen molar-refractivity contribution in [2.75, 3.05) is 32.8 Å². The maximum Gasteiger partial charge on any atom is 0.410 e. The van der Waals surface area contributed by atoms with Crippen molar-refractivity contribution in [1.82, 2.24) is 14.8 Å². The number of amides is 2. The van der Waals surface area contributed by atoms with E-state index in [0.717, 1.165) is 12.8 Å². The van der Waals surface area contributed by atoms with E-state index in [-0.39, 0.29) is 18.4 Å². The number of ether oxygens (including phenoxy) is 1. The third-order valence-electron chi connectivity index (χ3n) is 4.50. The van der Waals surface area contributed by atoms with Crippen LogP contribution in [0.4, 0.5) is 4.79 Å². The fourth-order valence-electron chi connectivity index (χ4n) is 3.09. The van der Waals surface area contributed by atoms with Crippen molar-refractivity contribution < 1.29 is 19.4 Å². The van der Waals surface area contributed by atoms with Crippen LogP contribution in [0, 0.1) is 5.92 Å². The van der Waals surface area contributed by atoms with Gasteiger partial charge in [-0.25, -0.2) is 4.79 Å². The number of aromatic nitrogens is 1. The summed E-state index contributed by atoms with van der Waals surface area (Å²) in [6.07, 6.45) is 2.12. The van der Waals surface area contributed by atoms with Crippen molar-refractivity contribution in [1.29, 1.82) is 0 Å². The number of carbonyl (C=O) groups is 2. The molecular weight excluding hydrogens is 298 g/mol. The van der Waals surface area contributed by atoms with Crippen molar-refractivity contribution in [3.63, 3.8) is 0 Å². The first kappa shape index (κ1) is 15.7. The van der Waals surface area contributed by atoms with Crippen LogP contribution in [-0.2, 0) is 9.53 Å². The summed E-state index contributed by atoms with van der Waals surface area (Å²) < 4.78 is 4.83. The maximum absolute atomic E-state index is 12.2. The van der Waals surface area contributed by atoms with E-state index < -0.39 is 12.2 Å². The van der Waals surface area contributed by atoms with Crippen LogP contribution in [0.3, 0.4) is 0 Å². The molecule has 1 aromatic heterocycles. The molecule has 0 radical (unpaired) electrons. The quantitative estimate of drug-likeness (QED) is 0.888. The first-order valence-electron chi connectivity index (χ1n) is 7.93. The summed E-state index contributed by atoms with van der Waals surface area (Å²) in [6.45, 7) is 2.09. The van der Waals surface area contributed by atoms with E-state index in [9.17, 15) is 14.7 Å². The summed E-state index contributed by atoms with van der Waals surface area (Å²) in [6, 6.07) is 5.50. The molecule has 0 saturated carbocycles. The fourth-order valence-corrected chi connectivity index (χ4v) is 3.09. The van der Waals surface area contributed by atoms with E-state index in [1.807, 2.05) is 18.2 Å². The lowest BCUT2D eigenvalue weighted by molar-refractivity contribution is -0.133. The highest BCUT2D eigenvalue weighted by Gasteiger charge is 2.31. The van der Waals surface area contributed by atoms with Gasteiger partial charge in [-0.05, 0) is 30.9 Å². The van der Waals surface area contributed by atoms with Gasteiger partial charge in [-0.15, -0.1) is 0 Å². The molecule has 0 aliphatic carbocycles. The second-order valence-corrected chi connectivity index (χ2v) is 5.95. The highest BCUT2D eigenvalue weighted by Crippen LogP contribution is 2.29. The molecule has 2 saturated heterocycles. The molecule has 3 heterocycles. The summed E-state index contributed by atoms with van der Waals surface area (Å²) in [5.74, 6) is 0.0420. The van der Waals surface area contributed by atoms with Gasteiger partial charge in [0.15, 0.2) is 0 Å². The van der Waals surface area contributed by atoms with Crippen molar-refractivity contribution in [2.24, 2.45) is 5.92 Å². The van der Waals surface area contributed by atoms with E-state index in [1.54, 1.807) is 11.1 Å². The van der Waals surface area contributed by atoms with Gasteiger partial charge in [-0.1, -0.05) is 6.07 Å². The summed E-state index contributed by atoms with van der Waals surface area (Å²) in [5.41, 5.74) is 0.678. The Morgan fingerprint density at radius 2 is 2.13 bits per heavy atom. The van der Waals surface area contributed by atoms with Crippen LogP contribution in [0.5, 0.6) is 0 Å². The van der Waals surface area contributed by atoms with Crippen LogP contribution in [0.2, 0.25) is 0 Å². The molecule has 2 aliphatic rings. The molecule has 1 N–H and O–H groups in total. The Labute approximate surface area is 134 Å². The predicted octanol–water partition coefficient (Wildman–Crippen LogP) is 0.806. The minimum atomic E-state index is -0.595. The maximum atomic E-state index is 12.2. The van der Waals surface area contributed by atoms with Gasteiger partial charge >= 0.3 is 6.09 Å². The molecule has 23 heavy (non-hydrogen) atoms. The zero-order chi connectivity index (χ0) is 16.2. The van der Waals surface area contributed by atoms with Crippen molar-refractivity contribution >= 4 is 12.0 Å². The normalized spacial score (nSPS) is 20.5. The molecule has 2 aliphatic heterocycles. The van der Waals surface area contributed by atoms with Crippen LogP contribution in [-0.4, -0.2) is 64.7 Å². The number of nitrogens with zero attached hydrogens (tertiary/aromatic N) is 3. The van der Waals surface area contributed by atoms with Gasteiger partial charge in [0, 0.05) is 19.3 Å². The molecule has 124 valence electrons. The number of rotatable bonds is 4. The summed E-state index contributed by atoms with van der Waals surface area (Å²) in [7, 11) is 0. The monoisotopic (exact) mass is 319 g/mol. The molecular formula is C16H21N3O4. The van der Waals surface area contributed by atoms with Gasteiger partial charge in [0.25, 0.3) is 0 Å². The topological polar surface area (TPSA) is 83.0 Å². The average Bonchev–Trinajstić information content (AvgIpc) is 3.00. The van der Waals surface area contributed by atoms with Crippen LogP contribution in [0.1, 0.15) is 24.6 Å². The van der Waals surface area contributed by atoms with Crippen LogP contribution >= 0.6 is 0 Å². The molecule has 1 atom stereocenters. The van der Waals surface area contributed by atoms with Crippen LogP contribution < -0.4 is 0 Å². The molecule has 1 aromatic rings. The molecule has 0 spiro atoms. The number of hydrogen-bond donors (Lipinski definition) is 1. The lowest BCUT2D eigenvalue weighted by Gasteiger charge is -2.34. The number of piperidine rings is 1. The van der Waals surface area contributed by atoms with Crippen molar-refractivity contribution in [2.45, 2.75) is 18.9 Å². The zero-order valence-corrected chi connectivity index (χ0v) is 12.9. The Morgan fingerprint density at radius 1 is 1.35 bits per heavy atom. The van der Waals surface area contributed by atoms with Gasteiger partial charge < -0.3 is 14.7 Å². The van der Waals surface area contributed by atoms with E-state index >= 15 is 0 Å². The second kappa shape index (κ2) is 6.95. The summed E-state index contributed by atoms with van der Waals surface area (Å²) >= 11 is 0. The molecule has 3 rings (SSSR count). The van der Waals surface area contributed by atoms with Crippen molar-refractivity contribution in [3.8, 4) is 0 Å². The molecule has 0 bridgehead atoms. The van der Waals surface area contributed by atoms with Gasteiger partial charge in [-0.3, -0.25) is 14.7 Å². The Hall–Kier alpha value is -2.15. The number of hydrogen-bond acceptors (Lipinski definition) is 5. The molecule has 7 heteroatoms. The Bertz CT molecular complexity index is 558. The number of pyridine rings is 1. The zero-order valence-electron chi connectivity index (χ0n) is 12.9. The fraction of sp³-hybridized carbons (Fsp3) is 0.562. The third-order valence-corrected chi connectivity index (χ3v) is 4.50. The average molecular weight is 319 g/mol. The number of cyclic esters (lactones) is 1. The summed E-state index contributed by atoms with van der Waals surface area (Å²) in [4.78, 5) is 31.0. The molecule has 2 amide bonds. The van der Waals surface area contributed by atoms with Gasteiger partial charge in [-0.2, -0.15) is 0 Å². The minimum Gasteiger partial charge on any atom is -0.448 e. The first-order chi connectivity index (χ1) is 11.1. The largest absolute Gasteiger partial charge is 0.448 e. The van der Waals surface area contributed by atoms with Gasteiger partial charge in [0.1, 0.15) is 13.2 Å². The molecule has 7 nitrogen and oxygen atoms in total. The summed E-state index contributed by atoms with van der Waals surface area (Å²) in [5, 5.41) is 10.4. The highest BCUT2D eigenvalue weighted by molar-refractivity contribution is 5.82. The number of likely N-dealkylation sites (tertiary alicyclic amines) is 1.